The molecule has 0 saturated heterocycles. The number of Topliss-reactive ketones (excluding diaryl/α,β-unsaturated/α-hetero) is 1. The topological polar surface area (TPSA) is 207 Å². The average molecular weight is 570 g/mol. The van der Waals surface area contributed by atoms with E-state index in [2.05, 4.69) is 0 Å². The van der Waals surface area contributed by atoms with Gasteiger partial charge in [-0.1, -0.05) is 12.1 Å². The Kier molecular flexibility index (Phi) is 4.83. The van der Waals surface area contributed by atoms with Crippen molar-refractivity contribution < 1.29 is 54.4 Å². The van der Waals surface area contributed by atoms with Crippen LogP contribution in [0.25, 0.3) is 22.3 Å². The van der Waals surface area contributed by atoms with Crippen LogP contribution in [0.3, 0.4) is 0 Å². The van der Waals surface area contributed by atoms with Gasteiger partial charge in [0.25, 0.3) is 0 Å². The second-order valence-corrected chi connectivity index (χ2v) is 9.87. The summed E-state index contributed by atoms with van der Waals surface area (Å²) in [6, 6.07) is 13.2. The highest BCUT2D eigenvalue weighted by Gasteiger charge is 2.72. The predicted molar refractivity (Wildman–Crippen MR) is 142 cm³/mol. The van der Waals surface area contributed by atoms with Crippen LogP contribution in [0.15, 0.2) is 75.9 Å². The van der Waals surface area contributed by atoms with Crippen molar-refractivity contribution in [3.8, 4) is 57.3 Å². The Bertz CT molecular complexity index is 2050. The fourth-order valence-corrected chi connectivity index (χ4v) is 5.59. The molecule has 42 heavy (non-hydrogen) atoms. The molecular formula is C30H18O12. The van der Waals surface area contributed by atoms with E-state index >= 15 is 0 Å². The molecule has 0 amide bonds. The quantitative estimate of drug-likeness (QED) is 0.163. The van der Waals surface area contributed by atoms with Gasteiger partial charge in [-0.25, -0.2) is 0 Å². The van der Waals surface area contributed by atoms with Crippen molar-refractivity contribution in [2.24, 2.45) is 0 Å². The Morgan fingerprint density at radius 1 is 0.667 bits per heavy atom. The number of benzene rings is 4. The number of carbonyl (C=O) groups excluding carboxylic acids is 1. The molecule has 0 spiro atoms. The first-order valence-corrected chi connectivity index (χ1v) is 12.3. The third-order valence-electron chi connectivity index (χ3n) is 7.44. The van der Waals surface area contributed by atoms with Crippen LogP contribution in [0.2, 0.25) is 0 Å². The summed E-state index contributed by atoms with van der Waals surface area (Å²) in [5, 5.41) is 73.6. The van der Waals surface area contributed by atoms with E-state index in [1.807, 2.05) is 0 Å². The molecule has 0 bridgehead atoms. The van der Waals surface area contributed by atoms with Crippen LogP contribution in [0.1, 0.15) is 21.5 Å². The van der Waals surface area contributed by atoms with Gasteiger partial charge in [0.1, 0.15) is 51.2 Å². The summed E-state index contributed by atoms with van der Waals surface area (Å²) < 4.78 is 18.1. The van der Waals surface area contributed by atoms with Crippen molar-refractivity contribution in [3.63, 3.8) is 0 Å². The molecule has 7 rings (SSSR count). The number of aliphatic hydroxyl groups is 1. The third kappa shape index (κ3) is 3.03. The van der Waals surface area contributed by atoms with Gasteiger partial charge in [-0.05, 0) is 36.4 Å². The maximum Gasteiger partial charge on any atom is 0.323 e. The van der Waals surface area contributed by atoms with Gasteiger partial charge < -0.3 is 49.6 Å². The maximum absolute atomic E-state index is 14.0. The molecule has 1 aromatic heterocycles. The van der Waals surface area contributed by atoms with E-state index in [0.717, 1.165) is 18.2 Å². The number of phenols is 5. The lowest BCUT2D eigenvalue weighted by Crippen LogP contribution is -2.63. The SMILES string of the molecule is O=C1c2c(O)cc(O)cc2O[C@]2(c3ccc(O)cc3)c3c(cc(O)c4c(=O)c(O)c(-c5ccc(O)cc5)oc34)O[C@]12O. The van der Waals surface area contributed by atoms with Crippen molar-refractivity contribution in [1.82, 2.24) is 0 Å². The number of rotatable bonds is 2. The van der Waals surface area contributed by atoms with Crippen molar-refractivity contribution in [2.45, 2.75) is 11.4 Å². The molecule has 0 unspecified atom stereocenters. The molecule has 0 aliphatic carbocycles. The molecule has 0 radical (unpaired) electrons. The molecule has 4 aromatic carbocycles. The largest absolute Gasteiger partial charge is 0.508 e. The number of carbonyl (C=O) groups is 1. The van der Waals surface area contributed by atoms with Crippen molar-refractivity contribution in [2.75, 3.05) is 0 Å². The predicted octanol–water partition coefficient (Wildman–Crippen LogP) is 3.29. The molecular weight excluding hydrogens is 552 g/mol. The molecule has 7 N–H and O–H groups in total. The van der Waals surface area contributed by atoms with Crippen molar-refractivity contribution in [1.29, 1.82) is 0 Å². The molecule has 12 heteroatoms. The smallest absolute Gasteiger partial charge is 0.323 e. The Balaban J connectivity index is 1.65. The summed E-state index contributed by atoms with van der Waals surface area (Å²) in [6.45, 7) is 0. The molecule has 0 fully saturated rings. The van der Waals surface area contributed by atoms with E-state index in [1.165, 1.54) is 48.5 Å². The minimum absolute atomic E-state index is 0.00252. The van der Waals surface area contributed by atoms with Gasteiger partial charge in [0.2, 0.25) is 22.6 Å². The fourth-order valence-electron chi connectivity index (χ4n) is 5.59. The van der Waals surface area contributed by atoms with Crippen LogP contribution < -0.4 is 14.9 Å². The first-order valence-electron chi connectivity index (χ1n) is 12.3. The highest BCUT2D eigenvalue weighted by atomic mass is 16.7. The van der Waals surface area contributed by atoms with Crippen LogP contribution in [-0.2, 0) is 5.60 Å². The van der Waals surface area contributed by atoms with Gasteiger partial charge in [0, 0.05) is 29.3 Å². The molecule has 0 saturated carbocycles. The lowest BCUT2D eigenvalue weighted by molar-refractivity contribution is -0.185. The molecule has 3 heterocycles. The first-order chi connectivity index (χ1) is 20.0. The van der Waals surface area contributed by atoms with Gasteiger partial charge in [0.15, 0.2) is 11.3 Å². The number of phenolic OH excluding ortho intramolecular Hbond substituents is 5. The van der Waals surface area contributed by atoms with E-state index in [1.54, 1.807) is 0 Å². The van der Waals surface area contributed by atoms with Gasteiger partial charge in [0.05, 0.1) is 5.56 Å². The zero-order valence-corrected chi connectivity index (χ0v) is 21.0. The number of hydrogen-bond acceptors (Lipinski definition) is 12. The summed E-state index contributed by atoms with van der Waals surface area (Å²) in [7, 11) is 0. The monoisotopic (exact) mass is 570 g/mol. The Morgan fingerprint density at radius 3 is 1.98 bits per heavy atom. The first kappa shape index (κ1) is 25.1. The Morgan fingerprint density at radius 2 is 1.31 bits per heavy atom. The lowest BCUT2D eigenvalue weighted by atomic mass is 9.74. The summed E-state index contributed by atoms with van der Waals surface area (Å²) in [4.78, 5) is 27.4. The minimum Gasteiger partial charge on any atom is -0.508 e. The molecule has 5 aromatic rings. The molecule has 2 aliphatic heterocycles. The van der Waals surface area contributed by atoms with E-state index in [-0.39, 0.29) is 45.4 Å². The summed E-state index contributed by atoms with van der Waals surface area (Å²) in [5.41, 5.74) is -4.58. The van der Waals surface area contributed by atoms with Gasteiger partial charge in [-0.3, -0.25) is 9.59 Å². The molecule has 12 nitrogen and oxygen atoms in total. The second-order valence-electron chi connectivity index (χ2n) is 9.87. The summed E-state index contributed by atoms with van der Waals surface area (Å²) in [6.07, 6.45) is 0. The number of fused-ring (bicyclic) bond motifs is 6. The van der Waals surface area contributed by atoms with E-state index in [4.69, 9.17) is 13.9 Å². The Labute approximate surface area is 233 Å². The third-order valence-corrected chi connectivity index (χ3v) is 7.44. The van der Waals surface area contributed by atoms with E-state index < -0.39 is 62.1 Å². The van der Waals surface area contributed by atoms with E-state index in [0.29, 0.717) is 0 Å². The van der Waals surface area contributed by atoms with Gasteiger partial charge >= 0.3 is 5.79 Å². The normalized spacial score (nSPS) is 20.4. The number of ether oxygens (including phenoxy) is 2. The van der Waals surface area contributed by atoms with Crippen LogP contribution in [0.4, 0.5) is 0 Å². The van der Waals surface area contributed by atoms with Crippen LogP contribution in [0, 0.1) is 0 Å². The molecule has 2 aliphatic rings. The van der Waals surface area contributed by atoms with E-state index in [9.17, 15) is 45.3 Å². The number of hydrogen-bond donors (Lipinski definition) is 7. The minimum atomic E-state index is -3.00. The van der Waals surface area contributed by atoms with Gasteiger partial charge in [-0.15, -0.1) is 0 Å². The van der Waals surface area contributed by atoms with Gasteiger partial charge in [-0.2, -0.15) is 0 Å². The highest BCUT2D eigenvalue weighted by Crippen LogP contribution is 2.61. The van der Waals surface area contributed by atoms with Crippen LogP contribution >= 0.6 is 0 Å². The zero-order valence-electron chi connectivity index (χ0n) is 21.0. The molecule has 2 atom stereocenters. The molecule has 210 valence electrons. The summed E-state index contributed by atoms with van der Waals surface area (Å²) in [5.74, 6) is -8.39. The fraction of sp³-hybridized carbons (Fsp3) is 0.0667. The highest BCUT2D eigenvalue weighted by molar-refractivity contribution is 6.10. The average Bonchev–Trinajstić information content (AvgIpc) is 3.20. The maximum atomic E-state index is 14.0. The standard InChI is InChI=1S/C30H18O12/c31-14-5-1-12(2-6-14)26-25(37)24(36)22-18(35)11-20-23(27(22)40-26)29(13-3-7-15(32)8-4-13)30(39,42-20)28(38)21-17(34)9-16(33)10-19(21)41-29/h1-11,31-35,37,39H/t29-,30-/m1/s1. The van der Waals surface area contributed by atoms with Crippen molar-refractivity contribution in [3.05, 3.63) is 93.6 Å². The zero-order chi connectivity index (χ0) is 29.7. The number of ketones is 1. The lowest BCUT2D eigenvalue weighted by Gasteiger charge is -2.43. The van der Waals surface area contributed by atoms with Crippen LogP contribution in [0.5, 0.6) is 46.0 Å². The summed E-state index contributed by atoms with van der Waals surface area (Å²) >= 11 is 0. The second kappa shape index (κ2) is 8.08. The van der Waals surface area contributed by atoms with Crippen molar-refractivity contribution >= 4 is 16.8 Å². The Hall–Kier alpha value is -5.88. The van der Waals surface area contributed by atoms with Crippen LogP contribution in [-0.4, -0.2) is 47.3 Å². The number of aromatic hydroxyl groups is 6.